The first-order valence-corrected chi connectivity index (χ1v) is 6.11. The van der Waals surface area contributed by atoms with Crippen LogP contribution in [0.25, 0.3) is 0 Å². The van der Waals surface area contributed by atoms with Crippen molar-refractivity contribution in [2.75, 3.05) is 11.9 Å². The molecule has 0 bridgehead atoms. The molecular formula is C15H14F3NO. The summed E-state index contributed by atoms with van der Waals surface area (Å²) in [5.74, 6) is -1.80. The smallest absolute Gasteiger partial charge is 0.146 e. The minimum absolute atomic E-state index is 0.123. The molecule has 0 aliphatic heterocycles. The molecule has 0 spiro atoms. The van der Waals surface area contributed by atoms with Crippen molar-refractivity contribution in [3.8, 4) is 0 Å². The van der Waals surface area contributed by atoms with Gasteiger partial charge in [-0.1, -0.05) is 12.1 Å². The van der Waals surface area contributed by atoms with E-state index in [0.29, 0.717) is 5.56 Å². The lowest BCUT2D eigenvalue weighted by Gasteiger charge is -2.15. The number of nitrogens with one attached hydrogen (secondary N) is 1. The summed E-state index contributed by atoms with van der Waals surface area (Å²) < 4.78 is 40.1. The fourth-order valence-electron chi connectivity index (χ4n) is 1.93. The highest BCUT2D eigenvalue weighted by molar-refractivity contribution is 5.51. The lowest BCUT2D eigenvalue weighted by Crippen LogP contribution is -2.15. The van der Waals surface area contributed by atoms with Crippen molar-refractivity contribution >= 4 is 5.69 Å². The Balaban J connectivity index is 2.13. The van der Waals surface area contributed by atoms with Gasteiger partial charge >= 0.3 is 0 Å². The average Bonchev–Trinajstić information content (AvgIpc) is 2.40. The van der Waals surface area contributed by atoms with E-state index in [2.05, 4.69) is 5.32 Å². The molecule has 0 radical (unpaired) electrons. The molecule has 106 valence electrons. The quantitative estimate of drug-likeness (QED) is 0.898. The fourth-order valence-corrected chi connectivity index (χ4v) is 1.93. The summed E-state index contributed by atoms with van der Waals surface area (Å²) in [6, 6.07) is 7.40. The lowest BCUT2D eigenvalue weighted by atomic mass is 10.1. The molecule has 2 rings (SSSR count). The third-order valence-corrected chi connectivity index (χ3v) is 3.01. The van der Waals surface area contributed by atoms with Gasteiger partial charge in [0, 0.05) is 12.1 Å². The second-order valence-electron chi connectivity index (χ2n) is 4.49. The van der Waals surface area contributed by atoms with Crippen LogP contribution in [0, 0.1) is 24.4 Å². The van der Waals surface area contributed by atoms with Crippen molar-refractivity contribution in [3.63, 3.8) is 0 Å². The van der Waals surface area contributed by atoms with Crippen LogP contribution in [-0.4, -0.2) is 11.7 Å². The highest BCUT2D eigenvalue weighted by Crippen LogP contribution is 2.22. The monoisotopic (exact) mass is 281 g/mol. The summed E-state index contributed by atoms with van der Waals surface area (Å²) in [6.45, 7) is 1.59. The largest absolute Gasteiger partial charge is 0.386 e. The third-order valence-electron chi connectivity index (χ3n) is 3.01. The molecule has 20 heavy (non-hydrogen) atoms. The Morgan fingerprint density at radius 1 is 1.10 bits per heavy atom. The number of aliphatic hydroxyl groups is 1. The number of para-hydroxylation sites is 1. The topological polar surface area (TPSA) is 32.3 Å². The number of hydrogen-bond donors (Lipinski definition) is 2. The summed E-state index contributed by atoms with van der Waals surface area (Å²) >= 11 is 0. The highest BCUT2D eigenvalue weighted by Gasteiger charge is 2.15. The van der Waals surface area contributed by atoms with Gasteiger partial charge in [-0.25, -0.2) is 13.2 Å². The van der Waals surface area contributed by atoms with Gasteiger partial charge in [-0.05, 0) is 36.8 Å². The van der Waals surface area contributed by atoms with Crippen molar-refractivity contribution in [1.29, 1.82) is 0 Å². The van der Waals surface area contributed by atoms with E-state index in [4.69, 9.17) is 0 Å². The molecule has 0 amide bonds. The van der Waals surface area contributed by atoms with Gasteiger partial charge in [-0.3, -0.25) is 0 Å². The number of hydrogen-bond acceptors (Lipinski definition) is 2. The van der Waals surface area contributed by atoms with Crippen LogP contribution < -0.4 is 5.32 Å². The Kier molecular flexibility index (Phi) is 4.29. The summed E-state index contributed by atoms with van der Waals surface area (Å²) in [4.78, 5) is 0. The number of rotatable bonds is 4. The molecule has 1 unspecified atom stereocenters. The van der Waals surface area contributed by atoms with E-state index >= 15 is 0 Å². The molecule has 2 aromatic rings. The van der Waals surface area contributed by atoms with Gasteiger partial charge in [-0.15, -0.1) is 0 Å². The Morgan fingerprint density at radius 2 is 1.85 bits per heavy atom. The first-order chi connectivity index (χ1) is 9.49. The Labute approximate surface area is 114 Å². The summed E-state index contributed by atoms with van der Waals surface area (Å²) in [6.07, 6.45) is -1.27. The highest BCUT2D eigenvalue weighted by atomic mass is 19.1. The van der Waals surface area contributed by atoms with Gasteiger partial charge in [0.2, 0.25) is 0 Å². The predicted molar refractivity (Wildman–Crippen MR) is 70.9 cm³/mol. The van der Waals surface area contributed by atoms with Gasteiger partial charge in [0.1, 0.15) is 17.5 Å². The number of aryl methyl sites for hydroxylation is 1. The zero-order chi connectivity index (χ0) is 14.7. The van der Waals surface area contributed by atoms with Crippen LogP contribution in [0.5, 0.6) is 0 Å². The van der Waals surface area contributed by atoms with Crippen molar-refractivity contribution < 1.29 is 18.3 Å². The first kappa shape index (κ1) is 14.4. The van der Waals surface area contributed by atoms with Crippen LogP contribution in [0.15, 0.2) is 36.4 Å². The standard InChI is InChI=1S/C15H14F3NO/c1-9-3-2-4-13(18)15(9)19-8-14(20)11-7-10(16)5-6-12(11)17/h2-7,14,19-20H,8H2,1H3. The Morgan fingerprint density at radius 3 is 2.55 bits per heavy atom. The average molecular weight is 281 g/mol. The van der Waals surface area contributed by atoms with E-state index in [1.807, 2.05) is 0 Å². The maximum atomic E-state index is 13.6. The minimum atomic E-state index is -1.27. The number of anilines is 1. The number of benzene rings is 2. The van der Waals surface area contributed by atoms with Gasteiger partial charge in [0.15, 0.2) is 0 Å². The fraction of sp³-hybridized carbons (Fsp3) is 0.200. The normalized spacial score (nSPS) is 12.2. The molecule has 0 saturated carbocycles. The van der Waals surface area contributed by atoms with Gasteiger partial charge < -0.3 is 10.4 Å². The molecule has 1 atom stereocenters. The van der Waals surface area contributed by atoms with Crippen LogP contribution in [0.4, 0.5) is 18.9 Å². The van der Waals surface area contributed by atoms with E-state index in [1.165, 1.54) is 6.07 Å². The molecular weight excluding hydrogens is 267 g/mol. The molecule has 2 N–H and O–H groups in total. The molecule has 2 aromatic carbocycles. The van der Waals surface area contributed by atoms with Crippen LogP contribution in [-0.2, 0) is 0 Å². The third kappa shape index (κ3) is 3.11. The van der Waals surface area contributed by atoms with Gasteiger partial charge in [0.05, 0.1) is 11.8 Å². The van der Waals surface area contributed by atoms with Crippen LogP contribution in [0.1, 0.15) is 17.2 Å². The second kappa shape index (κ2) is 5.96. The van der Waals surface area contributed by atoms with Crippen LogP contribution in [0.2, 0.25) is 0 Å². The summed E-state index contributed by atoms with van der Waals surface area (Å²) in [7, 11) is 0. The van der Waals surface area contributed by atoms with Crippen molar-refractivity contribution in [2.24, 2.45) is 0 Å². The number of aliphatic hydroxyl groups excluding tert-OH is 1. The summed E-state index contributed by atoms with van der Waals surface area (Å²) in [5.41, 5.74) is 0.742. The Hall–Kier alpha value is -2.01. The van der Waals surface area contributed by atoms with Crippen molar-refractivity contribution in [3.05, 3.63) is 65.0 Å². The Bertz CT molecular complexity index is 596. The van der Waals surface area contributed by atoms with Gasteiger partial charge in [0.25, 0.3) is 0 Å². The summed E-state index contributed by atoms with van der Waals surface area (Å²) in [5, 5.41) is 12.6. The zero-order valence-corrected chi connectivity index (χ0v) is 10.8. The minimum Gasteiger partial charge on any atom is -0.386 e. The van der Waals surface area contributed by atoms with E-state index in [0.717, 1.165) is 18.2 Å². The zero-order valence-electron chi connectivity index (χ0n) is 10.8. The predicted octanol–water partition coefficient (Wildman–Crippen LogP) is 3.56. The molecule has 0 saturated heterocycles. The van der Waals surface area contributed by atoms with Crippen molar-refractivity contribution in [2.45, 2.75) is 13.0 Å². The van der Waals surface area contributed by atoms with Crippen LogP contribution >= 0.6 is 0 Å². The molecule has 0 heterocycles. The second-order valence-corrected chi connectivity index (χ2v) is 4.49. The molecule has 5 heteroatoms. The number of halogens is 3. The maximum absolute atomic E-state index is 13.6. The molecule has 0 aliphatic rings. The lowest BCUT2D eigenvalue weighted by molar-refractivity contribution is 0.186. The van der Waals surface area contributed by atoms with E-state index in [9.17, 15) is 18.3 Å². The van der Waals surface area contributed by atoms with Gasteiger partial charge in [-0.2, -0.15) is 0 Å². The van der Waals surface area contributed by atoms with E-state index in [1.54, 1.807) is 19.1 Å². The molecule has 0 aliphatic carbocycles. The van der Waals surface area contributed by atoms with E-state index in [-0.39, 0.29) is 17.8 Å². The van der Waals surface area contributed by atoms with Crippen molar-refractivity contribution in [1.82, 2.24) is 0 Å². The first-order valence-electron chi connectivity index (χ1n) is 6.11. The maximum Gasteiger partial charge on any atom is 0.146 e. The van der Waals surface area contributed by atoms with E-state index < -0.39 is 23.6 Å². The van der Waals surface area contributed by atoms with Crippen LogP contribution in [0.3, 0.4) is 0 Å². The molecule has 0 aromatic heterocycles. The molecule has 0 fully saturated rings. The molecule has 2 nitrogen and oxygen atoms in total. The SMILES string of the molecule is Cc1cccc(F)c1NCC(O)c1cc(F)ccc1F.